The van der Waals surface area contributed by atoms with Gasteiger partial charge in [-0.05, 0) is 66.8 Å². The second-order valence-corrected chi connectivity index (χ2v) is 7.25. The van der Waals surface area contributed by atoms with E-state index in [0.29, 0.717) is 19.8 Å². The molecular formula is C25H33N3O2. The fraction of sp³-hybridized carbons (Fsp3) is 0.440. The first-order chi connectivity index (χ1) is 14.6. The summed E-state index contributed by atoms with van der Waals surface area (Å²) in [6.07, 6.45) is 4.61. The number of rotatable bonds is 12. The minimum atomic E-state index is -0.348. The highest BCUT2D eigenvalue weighted by atomic mass is 16.5. The molecule has 160 valence electrons. The monoisotopic (exact) mass is 407 g/mol. The van der Waals surface area contributed by atoms with E-state index in [1.54, 1.807) is 6.08 Å². The predicted octanol–water partition coefficient (Wildman–Crippen LogP) is 4.92. The zero-order valence-corrected chi connectivity index (χ0v) is 18.4. The molecule has 30 heavy (non-hydrogen) atoms. The number of nitrogens with zero attached hydrogens (tertiary/aromatic N) is 2. The molecule has 0 unspecified atom stereocenters. The lowest BCUT2D eigenvalue weighted by Crippen LogP contribution is -2.26. The van der Waals surface area contributed by atoms with Gasteiger partial charge in [0.2, 0.25) is 0 Å². The van der Waals surface area contributed by atoms with Crippen LogP contribution in [0.3, 0.4) is 0 Å². The average molecular weight is 408 g/mol. The molecule has 0 saturated heterocycles. The van der Waals surface area contributed by atoms with E-state index in [1.165, 1.54) is 5.69 Å². The number of anilines is 1. The Morgan fingerprint density at radius 3 is 2.47 bits per heavy atom. The van der Waals surface area contributed by atoms with E-state index in [0.717, 1.165) is 48.7 Å². The zero-order chi connectivity index (χ0) is 21.8. The Labute approximate surface area is 180 Å². The van der Waals surface area contributed by atoms with Crippen LogP contribution in [0.4, 0.5) is 5.69 Å². The highest BCUT2D eigenvalue weighted by Crippen LogP contribution is 2.24. The molecule has 5 nitrogen and oxygen atoms in total. The minimum Gasteiger partial charge on any atom is -0.382 e. The number of ether oxygens (including phenoxy) is 1. The second kappa shape index (κ2) is 12.7. The van der Waals surface area contributed by atoms with Crippen LogP contribution in [0.25, 0.3) is 16.8 Å². The van der Waals surface area contributed by atoms with Crippen LogP contribution in [-0.2, 0) is 9.53 Å². The Bertz CT molecular complexity index is 893. The molecule has 2 aromatic carbocycles. The maximum atomic E-state index is 12.3. The molecule has 2 aromatic rings. The summed E-state index contributed by atoms with van der Waals surface area (Å²) in [6.45, 7) is 10.2. The average Bonchev–Trinajstić information content (AvgIpc) is 2.76. The van der Waals surface area contributed by atoms with Crippen molar-refractivity contribution in [3.63, 3.8) is 0 Å². The third-order valence-electron chi connectivity index (χ3n) is 4.83. The minimum absolute atomic E-state index is 0.111. The third kappa shape index (κ3) is 6.89. The number of fused-ring (bicyclic) bond motifs is 1. The first kappa shape index (κ1) is 23.4. The van der Waals surface area contributed by atoms with Crippen LogP contribution in [0.2, 0.25) is 0 Å². The van der Waals surface area contributed by atoms with Gasteiger partial charge in [-0.1, -0.05) is 32.0 Å². The summed E-state index contributed by atoms with van der Waals surface area (Å²) < 4.78 is 5.25. The quantitative estimate of drug-likeness (QED) is 0.308. The fourth-order valence-corrected chi connectivity index (χ4v) is 3.38. The first-order valence-electron chi connectivity index (χ1n) is 10.9. The number of nitrogens with one attached hydrogen (secondary N) is 1. The van der Waals surface area contributed by atoms with Gasteiger partial charge in [0.1, 0.15) is 11.6 Å². The van der Waals surface area contributed by atoms with Crippen LogP contribution in [0.15, 0.2) is 42.0 Å². The summed E-state index contributed by atoms with van der Waals surface area (Å²) in [4.78, 5) is 14.7. The van der Waals surface area contributed by atoms with E-state index < -0.39 is 0 Å². The molecule has 0 radical (unpaired) electrons. The van der Waals surface area contributed by atoms with Crippen LogP contribution in [-0.4, -0.2) is 38.8 Å². The van der Waals surface area contributed by atoms with Crippen LogP contribution in [0.5, 0.6) is 0 Å². The molecule has 0 aliphatic carbocycles. The van der Waals surface area contributed by atoms with Crippen LogP contribution < -0.4 is 10.2 Å². The summed E-state index contributed by atoms with van der Waals surface area (Å²) in [6, 6.07) is 14.5. The summed E-state index contributed by atoms with van der Waals surface area (Å²) in [5.74, 6) is -0.348. The number of amides is 1. The number of carbonyl (C=O) groups excluding carboxylic acids is 1. The number of hydrogen-bond donors (Lipinski definition) is 1. The Kier molecular flexibility index (Phi) is 9.90. The molecule has 0 spiro atoms. The van der Waals surface area contributed by atoms with Crippen molar-refractivity contribution in [1.82, 2.24) is 5.32 Å². The van der Waals surface area contributed by atoms with Crippen molar-refractivity contribution < 1.29 is 9.53 Å². The Morgan fingerprint density at radius 1 is 1.10 bits per heavy atom. The van der Waals surface area contributed by atoms with Gasteiger partial charge in [0.15, 0.2) is 0 Å². The molecule has 0 aromatic heterocycles. The van der Waals surface area contributed by atoms with Gasteiger partial charge in [0.25, 0.3) is 5.91 Å². The number of carbonyl (C=O) groups is 1. The molecular weight excluding hydrogens is 374 g/mol. The molecule has 0 saturated carbocycles. The Morgan fingerprint density at radius 2 is 1.80 bits per heavy atom. The lowest BCUT2D eigenvalue weighted by Gasteiger charge is -2.24. The van der Waals surface area contributed by atoms with Crippen molar-refractivity contribution in [2.75, 3.05) is 37.7 Å². The van der Waals surface area contributed by atoms with Gasteiger partial charge >= 0.3 is 0 Å². The van der Waals surface area contributed by atoms with Crippen molar-refractivity contribution >= 4 is 28.4 Å². The molecule has 1 N–H and O–H groups in total. The Balaban J connectivity index is 2.14. The summed E-state index contributed by atoms with van der Waals surface area (Å²) >= 11 is 0. The lowest BCUT2D eigenvalue weighted by molar-refractivity contribution is -0.117. The largest absolute Gasteiger partial charge is 0.382 e. The van der Waals surface area contributed by atoms with Gasteiger partial charge in [-0.15, -0.1) is 0 Å². The summed E-state index contributed by atoms with van der Waals surface area (Å²) in [5.41, 5.74) is 2.19. The van der Waals surface area contributed by atoms with Crippen molar-refractivity contribution in [3.05, 3.63) is 47.5 Å². The highest BCUT2D eigenvalue weighted by Gasteiger charge is 2.09. The molecule has 0 bridgehead atoms. The van der Waals surface area contributed by atoms with Gasteiger partial charge in [0, 0.05) is 38.5 Å². The van der Waals surface area contributed by atoms with E-state index >= 15 is 0 Å². The van der Waals surface area contributed by atoms with Gasteiger partial charge in [-0.2, -0.15) is 5.26 Å². The molecule has 1 amide bonds. The van der Waals surface area contributed by atoms with Crippen LogP contribution in [0, 0.1) is 11.3 Å². The SMILES string of the molecule is CCCN(CCC)c1ccc2cc(/C=C(\C#N)C(=O)NCCCOCC)ccc2c1. The maximum Gasteiger partial charge on any atom is 0.261 e. The summed E-state index contributed by atoms with van der Waals surface area (Å²) in [5, 5.41) is 14.4. The van der Waals surface area contributed by atoms with Gasteiger partial charge in [-0.25, -0.2) is 0 Å². The van der Waals surface area contributed by atoms with Gasteiger partial charge in [0.05, 0.1) is 0 Å². The predicted molar refractivity (Wildman–Crippen MR) is 124 cm³/mol. The van der Waals surface area contributed by atoms with E-state index in [2.05, 4.69) is 48.3 Å². The van der Waals surface area contributed by atoms with Crippen LogP contribution >= 0.6 is 0 Å². The molecule has 5 heteroatoms. The molecule has 0 aliphatic heterocycles. The standard InChI is InChI=1S/C25H33N3O2/c1-4-13-28(14-5-2)24-11-10-21-16-20(8-9-22(21)18-24)17-23(19-26)25(29)27-12-7-15-30-6-3/h8-11,16-18H,4-7,12-15H2,1-3H3,(H,27,29)/b23-17+. The van der Waals surface area contributed by atoms with E-state index in [9.17, 15) is 10.1 Å². The van der Waals surface area contributed by atoms with E-state index in [1.807, 2.05) is 25.1 Å². The molecule has 0 aliphatic rings. The lowest BCUT2D eigenvalue weighted by atomic mass is 10.0. The normalized spacial score (nSPS) is 11.3. The first-order valence-corrected chi connectivity index (χ1v) is 10.9. The number of nitriles is 1. The number of hydrogen-bond acceptors (Lipinski definition) is 4. The fourth-order valence-electron chi connectivity index (χ4n) is 3.38. The molecule has 0 fully saturated rings. The van der Waals surface area contributed by atoms with Crippen LogP contribution in [0.1, 0.15) is 45.6 Å². The third-order valence-corrected chi connectivity index (χ3v) is 4.83. The van der Waals surface area contributed by atoms with Gasteiger partial charge < -0.3 is 15.0 Å². The smallest absolute Gasteiger partial charge is 0.261 e. The second-order valence-electron chi connectivity index (χ2n) is 7.25. The molecule has 2 rings (SSSR count). The zero-order valence-electron chi connectivity index (χ0n) is 18.4. The van der Waals surface area contributed by atoms with Crippen molar-refractivity contribution in [2.24, 2.45) is 0 Å². The van der Waals surface area contributed by atoms with Crippen molar-refractivity contribution in [2.45, 2.75) is 40.0 Å². The van der Waals surface area contributed by atoms with Crippen molar-refractivity contribution in [3.8, 4) is 6.07 Å². The Hall–Kier alpha value is -2.84. The van der Waals surface area contributed by atoms with E-state index in [-0.39, 0.29) is 11.5 Å². The summed E-state index contributed by atoms with van der Waals surface area (Å²) in [7, 11) is 0. The highest BCUT2D eigenvalue weighted by molar-refractivity contribution is 6.02. The van der Waals surface area contributed by atoms with Gasteiger partial charge in [-0.3, -0.25) is 4.79 Å². The molecule has 0 atom stereocenters. The maximum absolute atomic E-state index is 12.3. The topological polar surface area (TPSA) is 65.4 Å². The van der Waals surface area contributed by atoms with Crippen molar-refractivity contribution in [1.29, 1.82) is 5.26 Å². The van der Waals surface area contributed by atoms with E-state index in [4.69, 9.17) is 4.74 Å². The molecule has 0 heterocycles. The number of benzene rings is 2.